The first-order valence-corrected chi connectivity index (χ1v) is 7.93. The summed E-state index contributed by atoms with van der Waals surface area (Å²) in [6, 6.07) is 8.57. The second kappa shape index (κ2) is 7.20. The van der Waals surface area contributed by atoms with E-state index in [0.717, 1.165) is 10.2 Å². The van der Waals surface area contributed by atoms with Crippen molar-refractivity contribution < 1.29 is 4.79 Å². The van der Waals surface area contributed by atoms with Crippen molar-refractivity contribution in [2.75, 3.05) is 11.9 Å². The monoisotopic (exact) mass is 339 g/mol. The van der Waals surface area contributed by atoms with E-state index in [1.165, 1.54) is 19.3 Å². The lowest BCUT2D eigenvalue weighted by molar-refractivity contribution is -0.117. The number of carbonyl (C=O) groups excluding carboxylic acids is 1. The number of rotatable bonds is 4. The van der Waals surface area contributed by atoms with E-state index in [-0.39, 0.29) is 5.91 Å². The molecule has 0 aromatic heterocycles. The summed E-state index contributed by atoms with van der Waals surface area (Å²) in [4.78, 5) is 11.9. The van der Waals surface area contributed by atoms with Crippen molar-refractivity contribution in [1.29, 1.82) is 0 Å². The van der Waals surface area contributed by atoms with Crippen molar-refractivity contribution >= 4 is 27.5 Å². The van der Waals surface area contributed by atoms with Gasteiger partial charge >= 0.3 is 0 Å². The molecule has 1 aliphatic heterocycles. The zero-order valence-electron chi connectivity index (χ0n) is 12.0. The van der Waals surface area contributed by atoms with Crippen molar-refractivity contribution in [3.8, 4) is 0 Å². The summed E-state index contributed by atoms with van der Waals surface area (Å²) in [5.74, 6) is -0.0164. The molecule has 5 heteroatoms. The Labute approximate surface area is 129 Å². The molecule has 0 saturated carbocycles. The average Bonchev–Trinajstić information content (AvgIpc) is 2.41. The first-order chi connectivity index (χ1) is 9.56. The molecular formula is C15H22BrN3O. The van der Waals surface area contributed by atoms with Crippen molar-refractivity contribution in [2.24, 2.45) is 0 Å². The van der Waals surface area contributed by atoms with Gasteiger partial charge in [-0.1, -0.05) is 22.4 Å². The number of carbonyl (C=O) groups is 1. The minimum absolute atomic E-state index is 0.0164. The first-order valence-electron chi connectivity index (χ1n) is 7.13. The van der Waals surface area contributed by atoms with Gasteiger partial charge in [0, 0.05) is 22.2 Å². The predicted molar refractivity (Wildman–Crippen MR) is 85.4 cm³/mol. The summed E-state index contributed by atoms with van der Waals surface area (Å²) in [6.45, 7) is 4.72. The molecule has 1 amide bonds. The van der Waals surface area contributed by atoms with Crippen LogP contribution in [0, 0.1) is 0 Å². The molecule has 4 nitrogen and oxygen atoms in total. The highest BCUT2D eigenvalue weighted by atomic mass is 79.9. The molecule has 0 radical (unpaired) electrons. The van der Waals surface area contributed by atoms with Crippen LogP contribution < -0.4 is 10.7 Å². The normalized spacial score (nSPS) is 23.6. The molecule has 110 valence electrons. The third-order valence-electron chi connectivity index (χ3n) is 3.74. The summed E-state index contributed by atoms with van der Waals surface area (Å²) < 4.78 is 1.00. The van der Waals surface area contributed by atoms with Crippen molar-refractivity contribution in [1.82, 2.24) is 10.4 Å². The largest absolute Gasteiger partial charge is 0.325 e. The lowest BCUT2D eigenvalue weighted by Gasteiger charge is -2.38. The Balaban J connectivity index is 1.81. The number of nitrogens with zero attached hydrogens (tertiary/aromatic N) is 1. The Morgan fingerprint density at radius 2 is 1.85 bits per heavy atom. The zero-order chi connectivity index (χ0) is 14.5. The Kier molecular flexibility index (Phi) is 5.57. The second-order valence-corrected chi connectivity index (χ2v) is 6.34. The fourth-order valence-corrected chi connectivity index (χ4v) is 2.90. The van der Waals surface area contributed by atoms with Crippen molar-refractivity contribution in [2.45, 2.75) is 45.2 Å². The van der Waals surface area contributed by atoms with Crippen LogP contribution in [0.15, 0.2) is 28.7 Å². The first kappa shape index (κ1) is 15.5. The molecule has 2 unspecified atom stereocenters. The molecule has 1 aromatic rings. The molecule has 0 spiro atoms. The molecule has 1 heterocycles. The molecule has 20 heavy (non-hydrogen) atoms. The molecule has 2 atom stereocenters. The smallest absolute Gasteiger partial charge is 0.239 e. The van der Waals surface area contributed by atoms with Gasteiger partial charge in [-0.25, -0.2) is 10.4 Å². The van der Waals surface area contributed by atoms with E-state index in [4.69, 9.17) is 0 Å². The molecule has 0 aliphatic carbocycles. The van der Waals surface area contributed by atoms with Gasteiger partial charge in [0.15, 0.2) is 0 Å². The van der Waals surface area contributed by atoms with Crippen molar-refractivity contribution in [3.63, 3.8) is 0 Å². The topological polar surface area (TPSA) is 44.4 Å². The van der Waals surface area contributed by atoms with Crippen LogP contribution in [-0.2, 0) is 4.79 Å². The van der Waals surface area contributed by atoms with Crippen LogP contribution in [0.1, 0.15) is 33.1 Å². The molecule has 2 rings (SSSR count). The Hall–Kier alpha value is -0.910. The molecule has 1 aliphatic rings. The van der Waals surface area contributed by atoms with E-state index in [0.29, 0.717) is 18.6 Å². The summed E-state index contributed by atoms with van der Waals surface area (Å²) in [6.07, 6.45) is 3.64. The number of nitrogens with one attached hydrogen (secondary N) is 2. The molecule has 1 aromatic carbocycles. The van der Waals surface area contributed by atoms with Crippen LogP contribution in [-0.4, -0.2) is 29.5 Å². The number of hydrogen-bond donors (Lipinski definition) is 2. The van der Waals surface area contributed by atoms with Gasteiger partial charge in [0.05, 0.1) is 6.54 Å². The maximum atomic E-state index is 11.9. The highest BCUT2D eigenvalue weighted by Crippen LogP contribution is 2.20. The summed E-state index contributed by atoms with van der Waals surface area (Å²) in [7, 11) is 0. The molecule has 1 saturated heterocycles. The van der Waals surface area contributed by atoms with E-state index in [2.05, 4.69) is 45.5 Å². The lowest BCUT2D eigenvalue weighted by Crippen LogP contribution is -2.53. The number of amides is 1. The van der Waals surface area contributed by atoms with Gasteiger partial charge in [-0.2, -0.15) is 0 Å². The lowest BCUT2D eigenvalue weighted by atomic mass is 10.00. The number of piperidine rings is 1. The molecular weight excluding hydrogens is 318 g/mol. The molecule has 0 bridgehead atoms. The van der Waals surface area contributed by atoms with Gasteiger partial charge < -0.3 is 5.32 Å². The fourth-order valence-electron chi connectivity index (χ4n) is 2.63. The zero-order valence-corrected chi connectivity index (χ0v) is 13.6. The van der Waals surface area contributed by atoms with E-state index in [1.807, 2.05) is 24.3 Å². The number of hydrazine groups is 1. The van der Waals surface area contributed by atoms with Gasteiger partial charge in [0.1, 0.15) is 0 Å². The fraction of sp³-hybridized carbons (Fsp3) is 0.533. The maximum Gasteiger partial charge on any atom is 0.239 e. The Morgan fingerprint density at radius 1 is 1.25 bits per heavy atom. The van der Waals surface area contributed by atoms with Crippen molar-refractivity contribution in [3.05, 3.63) is 28.7 Å². The standard InChI is InChI=1S/C15H22BrN3O/c1-11-4-3-5-12(2)19(11)17-10-15(20)18-14-8-6-13(16)7-9-14/h6-9,11-12,17H,3-5,10H2,1-2H3,(H,18,20). The number of benzene rings is 1. The third-order valence-corrected chi connectivity index (χ3v) is 4.27. The SMILES string of the molecule is CC1CCCC(C)N1NCC(=O)Nc1ccc(Br)cc1. The van der Waals surface area contributed by atoms with E-state index >= 15 is 0 Å². The van der Waals surface area contributed by atoms with E-state index < -0.39 is 0 Å². The van der Waals surface area contributed by atoms with Crippen LogP contribution in [0.4, 0.5) is 5.69 Å². The van der Waals surface area contributed by atoms with Gasteiger partial charge in [-0.15, -0.1) is 0 Å². The minimum Gasteiger partial charge on any atom is -0.325 e. The highest BCUT2D eigenvalue weighted by Gasteiger charge is 2.24. The number of hydrogen-bond acceptors (Lipinski definition) is 3. The van der Waals surface area contributed by atoms with Gasteiger partial charge in [-0.3, -0.25) is 4.79 Å². The third kappa shape index (κ3) is 4.30. The van der Waals surface area contributed by atoms with E-state index in [1.54, 1.807) is 0 Å². The van der Waals surface area contributed by atoms with Crippen LogP contribution in [0.5, 0.6) is 0 Å². The summed E-state index contributed by atoms with van der Waals surface area (Å²) in [5, 5.41) is 5.10. The van der Waals surface area contributed by atoms with Gasteiger partial charge in [0.2, 0.25) is 5.91 Å². The summed E-state index contributed by atoms with van der Waals surface area (Å²) >= 11 is 3.38. The van der Waals surface area contributed by atoms with Crippen LogP contribution >= 0.6 is 15.9 Å². The van der Waals surface area contributed by atoms with E-state index in [9.17, 15) is 4.79 Å². The maximum absolute atomic E-state index is 11.9. The van der Waals surface area contributed by atoms with Crippen LogP contribution in [0.3, 0.4) is 0 Å². The predicted octanol–water partition coefficient (Wildman–Crippen LogP) is 3.16. The highest BCUT2D eigenvalue weighted by molar-refractivity contribution is 9.10. The minimum atomic E-state index is -0.0164. The second-order valence-electron chi connectivity index (χ2n) is 5.43. The average molecular weight is 340 g/mol. The Bertz CT molecular complexity index is 439. The van der Waals surface area contributed by atoms with Crippen LogP contribution in [0.25, 0.3) is 0 Å². The van der Waals surface area contributed by atoms with Gasteiger partial charge in [0.25, 0.3) is 0 Å². The number of halogens is 1. The van der Waals surface area contributed by atoms with Crippen LogP contribution in [0.2, 0.25) is 0 Å². The van der Waals surface area contributed by atoms with Gasteiger partial charge in [-0.05, 0) is 51.0 Å². The quantitative estimate of drug-likeness (QED) is 0.885. The summed E-state index contributed by atoms with van der Waals surface area (Å²) in [5.41, 5.74) is 4.08. The number of anilines is 1. The molecule has 2 N–H and O–H groups in total. The molecule has 1 fully saturated rings. The Morgan fingerprint density at radius 3 is 2.45 bits per heavy atom.